The Balaban J connectivity index is 2.58. The average Bonchev–Trinajstić information content (AvgIpc) is 2.46. The molecule has 5 heteroatoms. The second kappa shape index (κ2) is 7.95. The Morgan fingerprint density at radius 3 is 2.45 bits per heavy atom. The zero-order valence-electron chi connectivity index (χ0n) is 15.0. The van der Waals surface area contributed by atoms with Gasteiger partial charge in [0.15, 0.2) is 0 Å². The zero-order chi connectivity index (χ0) is 16.9. The molecule has 1 aliphatic heterocycles. The van der Waals surface area contributed by atoms with E-state index in [4.69, 9.17) is 0 Å². The van der Waals surface area contributed by atoms with Crippen LogP contribution in [0.25, 0.3) is 0 Å². The van der Waals surface area contributed by atoms with Crippen LogP contribution in [0.2, 0.25) is 0 Å². The van der Waals surface area contributed by atoms with Gasteiger partial charge < -0.3 is 15.5 Å². The van der Waals surface area contributed by atoms with Gasteiger partial charge in [-0.25, -0.2) is 0 Å². The molecule has 5 nitrogen and oxygen atoms in total. The van der Waals surface area contributed by atoms with Crippen molar-refractivity contribution >= 4 is 11.8 Å². The summed E-state index contributed by atoms with van der Waals surface area (Å²) < 4.78 is 0. The zero-order valence-corrected chi connectivity index (χ0v) is 15.0. The number of nitrogens with zero attached hydrogens (tertiary/aromatic N) is 1. The van der Waals surface area contributed by atoms with Crippen LogP contribution in [0.3, 0.4) is 0 Å². The molecular weight excluding hydrogens is 278 g/mol. The molecule has 3 atom stereocenters. The fourth-order valence-electron chi connectivity index (χ4n) is 2.88. The summed E-state index contributed by atoms with van der Waals surface area (Å²) in [6.45, 7) is 13.4. The summed E-state index contributed by atoms with van der Waals surface area (Å²) in [7, 11) is 0. The van der Waals surface area contributed by atoms with Crippen molar-refractivity contribution in [3.8, 4) is 0 Å². The number of likely N-dealkylation sites (tertiary alicyclic amines) is 1. The second-order valence-electron chi connectivity index (χ2n) is 7.14. The lowest BCUT2D eigenvalue weighted by atomic mass is 9.89. The summed E-state index contributed by atoms with van der Waals surface area (Å²) in [5.41, 5.74) is -0.171. The van der Waals surface area contributed by atoms with E-state index in [0.29, 0.717) is 12.0 Å². The largest absolute Gasteiger partial charge is 0.350 e. The molecule has 0 unspecified atom stereocenters. The van der Waals surface area contributed by atoms with Crippen LogP contribution in [0.1, 0.15) is 60.8 Å². The van der Waals surface area contributed by atoms with E-state index in [-0.39, 0.29) is 23.4 Å². The van der Waals surface area contributed by atoms with Crippen LogP contribution >= 0.6 is 0 Å². The van der Waals surface area contributed by atoms with E-state index < -0.39 is 0 Å². The van der Waals surface area contributed by atoms with Crippen molar-refractivity contribution in [1.82, 2.24) is 15.5 Å². The lowest BCUT2D eigenvalue weighted by Gasteiger charge is -2.39. The van der Waals surface area contributed by atoms with Crippen LogP contribution in [0.15, 0.2) is 0 Å². The number of nitrogens with one attached hydrogen (secondary N) is 2. The summed E-state index contributed by atoms with van der Waals surface area (Å²) >= 11 is 0. The van der Waals surface area contributed by atoms with Crippen LogP contribution in [0.5, 0.6) is 0 Å². The molecule has 1 heterocycles. The number of amides is 2. The van der Waals surface area contributed by atoms with E-state index in [1.165, 1.54) is 0 Å². The predicted octanol–water partition coefficient (Wildman–Crippen LogP) is 1.92. The highest BCUT2D eigenvalue weighted by Crippen LogP contribution is 2.21. The molecule has 1 rings (SSSR count). The van der Waals surface area contributed by atoms with Gasteiger partial charge >= 0.3 is 0 Å². The van der Waals surface area contributed by atoms with E-state index >= 15 is 0 Å². The minimum Gasteiger partial charge on any atom is -0.350 e. The Kier molecular flexibility index (Phi) is 6.85. The number of hydrogen-bond acceptors (Lipinski definition) is 3. The standard InChI is InChI=1S/C17H33N3O2/c1-7-14-11-20(13(4)21)10-9-15(14)18-12(3)16(22)19-17(5,6)8-2/h12,14-15,18H,7-11H2,1-6H3,(H,19,22)/t12-,14-,15-/m1/s1. The van der Waals surface area contributed by atoms with Crippen molar-refractivity contribution in [2.45, 2.75) is 78.4 Å². The van der Waals surface area contributed by atoms with Gasteiger partial charge in [-0.3, -0.25) is 9.59 Å². The third-order valence-electron chi connectivity index (χ3n) is 4.91. The summed E-state index contributed by atoms with van der Waals surface area (Å²) in [6, 6.07) is 0.0832. The normalized spacial score (nSPS) is 24.0. The molecule has 128 valence electrons. The van der Waals surface area contributed by atoms with Gasteiger partial charge in [-0.1, -0.05) is 20.3 Å². The van der Waals surface area contributed by atoms with Crippen molar-refractivity contribution in [3.63, 3.8) is 0 Å². The second-order valence-corrected chi connectivity index (χ2v) is 7.14. The van der Waals surface area contributed by atoms with Crippen LogP contribution in [-0.4, -0.2) is 47.4 Å². The first kappa shape index (κ1) is 18.9. The lowest BCUT2D eigenvalue weighted by molar-refractivity contribution is -0.131. The minimum absolute atomic E-state index is 0.0516. The molecule has 2 N–H and O–H groups in total. The first-order valence-corrected chi connectivity index (χ1v) is 8.53. The molecule has 0 aromatic carbocycles. The quantitative estimate of drug-likeness (QED) is 0.788. The Morgan fingerprint density at radius 2 is 1.95 bits per heavy atom. The first-order valence-electron chi connectivity index (χ1n) is 8.53. The summed E-state index contributed by atoms with van der Waals surface area (Å²) in [5.74, 6) is 0.607. The van der Waals surface area contributed by atoms with Gasteiger partial charge in [-0.2, -0.15) is 0 Å². The third-order valence-corrected chi connectivity index (χ3v) is 4.91. The SMILES string of the molecule is CC[C@@H]1CN(C(C)=O)CC[C@H]1N[C@H](C)C(=O)NC(C)(C)CC. The molecule has 1 saturated heterocycles. The maximum Gasteiger partial charge on any atom is 0.237 e. The van der Waals surface area contributed by atoms with Crippen LogP contribution in [0, 0.1) is 5.92 Å². The van der Waals surface area contributed by atoms with Gasteiger partial charge in [0.2, 0.25) is 11.8 Å². The first-order chi connectivity index (χ1) is 10.2. The molecule has 0 bridgehead atoms. The molecule has 1 fully saturated rings. The molecule has 22 heavy (non-hydrogen) atoms. The van der Waals surface area contributed by atoms with Crippen molar-refractivity contribution in [2.24, 2.45) is 5.92 Å². The lowest BCUT2D eigenvalue weighted by Crippen LogP contribution is -2.57. The Hall–Kier alpha value is -1.10. The highest BCUT2D eigenvalue weighted by Gasteiger charge is 2.31. The Bertz CT molecular complexity index is 395. The number of hydrogen-bond donors (Lipinski definition) is 2. The Labute approximate surface area is 135 Å². The van der Waals surface area contributed by atoms with Gasteiger partial charge in [0.25, 0.3) is 0 Å². The van der Waals surface area contributed by atoms with E-state index in [9.17, 15) is 9.59 Å². The van der Waals surface area contributed by atoms with Crippen molar-refractivity contribution < 1.29 is 9.59 Å². The van der Waals surface area contributed by atoms with Crippen molar-refractivity contribution in [2.75, 3.05) is 13.1 Å². The number of carbonyl (C=O) groups is 2. The topological polar surface area (TPSA) is 61.4 Å². The van der Waals surface area contributed by atoms with Crippen LogP contribution in [-0.2, 0) is 9.59 Å². The molecule has 0 radical (unpaired) electrons. The smallest absolute Gasteiger partial charge is 0.237 e. The fraction of sp³-hybridized carbons (Fsp3) is 0.882. The van der Waals surface area contributed by atoms with E-state index in [1.807, 2.05) is 25.7 Å². The predicted molar refractivity (Wildman–Crippen MR) is 89.6 cm³/mol. The van der Waals surface area contributed by atoms with Gasteiger partial charge in [0.1, 0.15) is 0 Å². The molecule has 0 aromatic rings. The minimum atomic E-state index is -0.214. The molecule has 2 amide bonds. The summed E-state index contributed by atoms with van der Waals surface area (Å²) in [4.78, 5) is 25.8. The summed E-state index contributed by atoms with van der Waals surface area (Å²) in [5, 5.41) is 6.56. The highest BCUT2D eigenvalue weighted by atomic mass is 16.2. The molecule has 0 aromatic heterocycles. The number of piperidine rings is 1. The highest BCUT2D eigenvalue weighted by molar-refractivity contribution is 5.82. The van der Waals surface area contributed by atoms with Gasteiger partial charge in [0.05, 0.1) is 6.04 Å². The van der Waals surface area contributed by atoms with E-state index in [2.05, 4.69) is 24.5 Å². The number of carbonyl (C=O) groups excluding carboxylic acids is 2. The van der Waals surface area contributed by atoms with Crippen LogP contribution in [0.4, 0.5) is 0 Å². The number of rotatable bonds is 6. The molecular formula is C17H33N3O2. The maximum absolute atomic E-state index is 12.3. The fourth-order valence-corrected chi connectivity index (χ4v) is 2.88. The third kappa shape index (κ3) is 5.27. The Morgan fingerprint density at radius 1 is 1.32 bits per heavy atom. The van der Waals surface area contributed by atoms with Crippen LogP contribution < -0.4 is 10.6 Å². The average molecular weight is 311 g/mol. The molecule has 0 spiro atoms. The summed E-state index contributed by atoms with van der Waals surface area (Å²) in [6.07, 6.45) is 2.82. The van der Waals surface area contributed by atoms with E-state index in [1.54, 1.807) is 6.92 Å². The van der Waals surface area contributed by atoms with Gasteiger partial charge in [-0.05, 0) is 39.5 Å². The molecule has 0 saturated carbocycles. The monoisotopic (exact) mass is 311 g/mol. The molecule has 0 aliphatic carbocycles. The molecule has 1 aliphatic rings. The maximum atomic E-state index is 12.3. The van der Waals surface area contributed by atoms with Gasteiger partial charge in [0, 0.05) is 31.6 Å². The van der Waals surface area contributed by atoms with Gasteiger partial charge in [-0.15, -0.1) is 0 Å². The van der Waals surface area contributed by atoms with Crippen molar-refractivity contribution in [3.05, 3.63) is 0 Å². The van der Waals surface area contributed by atoms with E-state index in [0.717, 1.165) is 32.4 Å². The van der Waals surface area contributed by atoms with Crippen molar-refractivity contribution in [1.29, 1.82) is 0 Å².